The molecule has 0 aliphatic carbocycles. The normalized spacial score (nSPS) is 18.0. The monoisotopic (exact) mass is 440 g/mol. The van der Waals surface area contributed by atoms with E-state index < -0.39 is 10.0 Å². The van der Waals surface area contributed by atoms with Gasteiger partial charge in [0.15, 0.2) is 5.78 Å². The molecule has 150 valence electrons. The third kappa shape index (κ3) is 4.87. The lowest BCUT2D eigenvalue weighted by Gasteiger charge is -2.30. The zero-order valence-electron chi connectivity index (χ0n) is 15.5. The molecule has 0 spiro atoms. The van der Waals surface area contributed by atoms with Gasteiger partial charge in [-0.3, -0.25) is 4.79 Å². The van der Waals surface area contributed by atoms with Crippen LogP contribution in [0.2, 0.25) is 10.0 Å². The highest BCUT2D eigenvalue weighted by atomic mass is 35.5. The van der Waals surface area contributed by atoms with E-state index in [-0.39, 0.29) is 17.2 Å². The maximum absolute atomic E-state index is 12.9. The molecular weight excluding hydrogens is 419 g/mol. The van der Waals surface area contributed by atoms with Crippen LogP contribution in [-0.2, 0) is 10.0 Å². The molecule has 2 aromatic carbocycles. The number of halogens is 2. The Morgan fingerprint density at radius 1 is 1.18 bits per heavy atom. The van der Waals surface area contributed by atoms with Gasteiger partial charge in [-0.15, -0.1) is 0 Å². The van der Waals surface area contributed by atoms with E-state index in [1.807, 2.05) is 0 Å². The highest BCUT2D eigenvalue weighted by Crippen LogP contribution is 2.26. The van der Waals surface area contributed by atoms with E-state index in [0.717, 1.165) is 12.8 Å². The van der Waals surface area contributed by atoms with Gasteiger partial charge in [-0.2, -0.15) is 4.31 Å². The third-order valence-electron chi connectivity index (χ3n) is 4.79. The zero-order valence-corrected chi connectivity index (χ0v) is 17.8. The smallest absolute Gasteiger partial charge is 0.243 e. The molecule has 1 heterocycles. The first-order chi connectivity index (χ1) is 13.3. The second-order valence-corrected chi connectivity index (χ2v) is 9.80. The van der Waals surface area contributed by atoms with Gasteiger partial charge in [-0.1, -0.05) is 42.3 Å². The van der Waals surface area contributed by atoms with E-state index >= 15 is 0 Å². The molecule has 1 unspecified atom stereocenters. The molecule has 1 aliphatic rings. The van der Waals surface area contributed by atoms with Crippen LogP contribution in [0.25, 0.3) is 0 Å². The second-order valence-electron chi connectivity index (χ2n) is 7.04. The topological polar surface area (TPSA) is 66.5 Å². The van der Waals surface area contributed by atoms with E-state index in [4.69, 9.17) is 23.2 Å². The van der Waals surface area contributed by atoms with Crippen molar-refractivity contribution in [1.82, 2.24) is 4.31 Å². The van der Waals surface area contributed by atoms with Crippen LogP contribution in [0.1, 0.15) is 30.1 Å². The van der Waals surface area contributed by atoms with Crippen molar-refractivity contribution in [3.63, 3.8) is 0 Å². The van der Waals surface area contributed by atoms with Crippen molar-refractivity contribution in [3.8, 4) is 0 Å². The van der Waals surface area contributed by atoms with Crippen LogP contribution in [0.5, 0.6) is 0 Å². The number of nitrogens with one attached hydrogen (secondary N) is 1. The Hall–Kier alpha value is -1.60. The number of anilines is 1. The first-order valence-electron chi connectivity index (χ1n) is 9.09. The number of hydrogen-bond acceptors (Lipinski definition) is 4. The molecule has 28 heavy (non-hydrogen) atoms. The Balaban J connectivity index is 1.73. The van der Waals surface area contributed by atoms with Gasteiger partial charge < -0.3 is 5.32 Å². The minimum Gasteiger partial charge on any atom is -0.378 e. The summed E-state index contributed by atoms with van der Waals surface area (Å²) in [6.45, 7) is 3.10. The molecule has 0 bridgehead atoms. The summed E-state index contributed by atoms with van der Waals surface area (Å²) in [7, 11) is -3.60. The number of rotatable bonds is 6. The number of carbonyl (C=O) groups is 1. The summed E-state index contributed by atoms with van der Waals surface area (Å²) in [5, 5.41) is 3.81. The molecule has 2 aromatic rings. The number of nitrogens with zero attached hydrogens (tertiary/aromatic N) is 1. The van der Waals surface area contributed by atoms with Gasteiger partial charge in [0, 0.05) is 24.3 Å². The minimum absolute atomic E-state index is 0.0161. The predicted molar refractivity (Wildman–Crippen MR) is 113 cm³/mol. The minimum atomic E-state index is -3.60. The molecule has 0 saturated carbocycles. The fourth-order valence-corrected chi connectivity index (χ4v) is 5.18. The number of Topliss-reactive ketones (excluding diaryl/α,β-unsaturated/α-hetero) is 1. The van der Waals surface area contributed by atoms with Crippen LogP contribution in [0.4, 0.5) is 5.69 Å². The lowest BCUT2D eigenvalue weighted by Crippen LogP contribution is -2.39. The molecule has 3 rings (SSSR count). The van der Waals surface area contributed by atoms with Crippen molar-refractivity contribution in [1.29, 1.82) is 0 Å². The van der Waals surface area contributed by atoms with Crippen LogP contribution in [0.3, 0.4) is 0 Å². The van der Waals surface area contributed by atoms with Gasteiger partial charge in [0.05, 0.1) is 21.5 Å². The van der Waals surface area contributed by atoms with Crippen molar-refractivity contribution >= 4 is 44.7 Å². The quantitative estimate of drug-likeness (QED) is 0.660. The number of carbonyl (C=O) groups excluding carboxylic acids is 1. The van der Waals surface area contributed by atoms with Crippen LogP contribution < -0.4 is 5.32 Å². The first kappa shape index (κ1) is 21.1. The van der Waals surface area contributed by atoms with E-state index in [9.17, 15) is 13.2 Å². The average Bonchev–Trinajstić information content (AvgIpc) is 2.68. The predicted octanol–water partition coefficient (Wildman–Crippen LogP) is 4.71. The lowest BCUT2D eigenvalue weighted by atomic mass is 10.0. The van der Waals surface area contributed by atoms with Gasteiger partial charge in [-0.25, -0.2) is 8.42 Å². The Morgan fingerprint density at radius 2 is 1.96 bits per heavy atom. The number of piperidine rings is 1. The lowest BCUT2D eigenvalue weighted by molar-refractivity contribution is 0.101. The molecule has 0 amide bonds. The van der Waals surface area contributed by atoms with Crippen molar-refractivity contribution in [2.45, 2.75) is 24.7 Å². The third-order valence-corrected chi connectivity index (χ3v) is 7.39. The summed E-state index contributed by atoms with van der Waals surface area (Å²) < 4.78 is 27.4. The van der Waals surface area contributed by atoms with E-state index in [1.165, 1.54) is 16.4 Å². The fourth-order valence-electron chi connectivity index (χ4n) is 3.23. The molecule has 1 aliphatic heterocycles. The van der Waals surface area contributed by atoms with Gasteiger partial charge in [-0.05, 0) is 49.1 Å². The molecule has 0 radical (unpaired) electrons. The maximum Gasteiger partial charge on any atom is 0.243 e. The Labute approximate surface area is 175 Å². The highest BCUT2D eigenvalue weighted by molar-refractivity contribution is 7.89. The zero-order chi connectivity index (χ0) is 20.3. The van der Waals surface area contributed by atoms with Crippen LogP contribution in [0, 0.1) is 5.92 Å². The molecule has 8 heteroatoms. The number of ketones is 1. The molecule has 0 aromatic heterocycles. The molecule has 1 saturated heterocycles. The average molecular weight is 441 g/mol. The Bertz CT molecular complexity index is 979. The van der Waals surface area contributed by atoms with E-state index in [0.29, 0.717) is 40.3 Å². The van der Waals surface area contributed by atoms with Crippen LogP contribution >= 0.6 is 23.2 Å². The summed E-state index contributed by atoms with van der Waals surface area (Å²) in [6.07, 6.45) is 1.89. The Kier molecular flexibility index (Phi) is 6.65. The number of hydrogen-bond donors (Lipinski definition) is 1. The van der Waals surface area contributed by atoms with Gasteiger partial charge in [0.2, 0.25) is 10.0 Å². The number of benzene rings is 2. The largest absolute Gasteiger partial charge is 0.378 e. The van der Waals surface area contributed by atoms with E-state index in [2.05, 4.69) is 12.2 Å². The molecule has 5 nitrogen and oxygen atoms in total. The fraction of sp³-hybridized carbons (Fsp3) is 0.350. The van der Waals surface area contributed by atoms with Gasteiger partial charge in [0.25, 0.3) is 0 Å². The molecular formula is C20H22Cl2N2O3S. The summed E-state index contributed by atoms with van der Waals surface area (Å²) in [4.78, 5) is 12.7. The van der Waals surface area contributed by atoms with Crippen molar-refractivity contribution in [2.24, 2.45) is 5.92 Å². The Morgan fingerprint density at radius 3 is 2.68 bits per heavy atom. The second kappa shape index (κ2) is 8.82. The molecule has 1 fully saturated rings. The highest BCUT2D eigenvalue weighted by Gasteiger charge is 2.29. The summed E-state index contributed by atoms with van der Waals surface area (Å²) in [6, 6.07) is 11.2. The molecule has 1 atom stereocenters. The number of sulfonamides is 1. The van der Waals surface area contributed by atoms with Crippen LogP contribution in [0.15, 0.2) is 47.4 Å². The maximum atomic E-state index is 12.9. The SMILES string of the molecule is CC1CCCN(S(=O)(=O)c2cccc(C(=O)CNc3ccc(Cl)c(Cl)c3)c2)C1. The summed E-state index contributed by atoms with van der Waals surface area (Å²) in [5.74, 6) is 0.124. The summed E-state index contributed by atoms with van der Waals surface area (Å²) >= 11 is 11.9. The first-order valence-corrected chi connectivity index (χ1v) is 11.3. The van der Waals surface area contributed by atoms with Crippen LogP contribution in [-0.4, -0.2) is 38.1 Å². The van der Waals surface area contributed by atoms with Crippen molar-refractivity contribution in [3.05, 3.63) is 58.1 Å². The summed E-state index contributed by atoms with van der Waals surface area (Å²) in [5.41, 5.74) is 1.01. The standard InChI is InChI=1S/C20H22Cl2N2O3S/c1-14-4-3-9-24(13-14)28(26,27)17-6-2-5-15(10-17)20(25)12-23-16-7-8-18(21)19(22)11-16/h2,5-8,10-11,14,23H,3-4,9,12-13H2,1H3. The molecule has 1 N–H and O–H groups in total. The van der Waals surface area contributed by atoms with Gasteiger partial charge in [0.1, 0.15) is 0 Å². The van der Waals surface area contributed by atoms with Gasteiger partial charge >= 0.3 is 0 Å². The van der Waals surface area contributed by atoms with Crippen molar-refractivity contribution < 1.29 is 13.2 Å². The van der Waals surface area contributed by atoms with E-state index in [1.54, 1.807) is 30.3 Å². The van der Waals surface area contributed by atoms with Crippen molar-refractivity contribution in [2.75, 3.05) is 25.0 Å².